The lowest BCUT2D eigenvalue weighted by Crippen LogP contribution is -2.35. The number of carbonyl (C=O) groups is 1. The largest absolute Gasteiger partial charge is 0.443 e. The number of hydrogen-bond donors (Lipinski definition) is 1. The van der Waals surface area contributed by atoms with Crippen LogP contribution in [-0.2, 0) is 21.2 Å². The maximum absolute atomic E-state index is 12.3. The number of amides is 1. The lowest BCUT2D eigenvalue weighted by molar-refractivity contribution is 0.137. The minimum Gasteiger partial charge on any atom is -0.443 e. The number of pyridine rings is 1. The summed E-state index contributed by atoms with van der Waals surface area (Å²) in [7, 11) is -3.27. The number of anilines is 1. The van der Waals surface area contributed by atoms with Crippen LogP contribution in [-0.4, -0.2) is 49.9 Å². The fourth-order valence-corrected chi connectivity index (χ4v) is 5.57. The first-order valence-corrected chi connectivity index (χ1v) is 14.4. The van der Waals surface area contributed by atoms with Crippen molar-refractivity contribution in [1.29, 1.82) is 0 Å². The summed E-state index contributed by atoms with van der Waals surface area (Å²) in [5.74, 6) is 1.50. The molecule has 0 aliphatic carbocycles. The Morgan fingerprint density at radius 2 is 2.00 bits per heavy atom. The first kappa shape index (κ1) is 25.1. The van der Waals surface area contributed by atoms with Gasteiger partial charge in [-0.2, -0.15) is 0 Å². The van der Waals surface area contributed by atoms with Crippen molar-refractivity contribution < 1.29 is 17.9 Å². The van der Waals surface area contributed by atoms with Crippen LogP contribution in [0.4, 0.5) is 10.6 Å². The molecule has 1 aliphatic heterocycles. The molecule has 35 heavy (non-hydrogen) atoms. The number of nitrogens with zero attached hydrogens (tertiary/aromatic N) is 3. The Morgan fingerprint density at radius 1 is 1.20 bits per heavy atom. The van der Waals surface area contributed by atoms with E-state index in [-0.39, 0.29) is 12.4 Å². The van der Waals surface area contributed by atoms with E-state index in [0.717, 1.165) is 55.1 Å². The van der Waals surface area contributed by atoms with Crippen LogP contribution < -0.4 is 10.2 Å². The number of ether oxygens (including phenoxy) is 1. The summed E-state index contributed by atoms with van der Waals surface area (Å²) in [6.07, 6.45) is 2.54. The Balaban J connectivity index is 1.26. The van der Waals surface area contributed by atoms with Crippen molar-refractivity contribution >= 4 is 33.1 Å². The van der Waals surface area contributed by atoms with Gasteiger partial charge in [-0.05, 0) is 49.4 Å². The zero-order valence-electron chi connectivity index (χ0n) is 19.7. The Bertz CT molecular complexity index is 1220. The Hall–Kier alpha value is -2.98. The number of aromatic nitrogens is 2. The summed E-state index contributed by atoms with van der Waals surface area (Å²) < 4.78 is 29.7. The Labute approximate surface area is 210 Å². The number of piperidine rings is 1. The molecular weight excluding hydrogens is 484 g/mol. The highest BCUT2D eigenvalue weighted by Gasteiger charge is 2.21. The Morgan fingerprint density at radius 3 is 2.74 bits per heavy atom. The second kappa shape index (κ2) is 11.6. The molecule has 0 atom stereocenters. The maximum atomic E-state index is 12.3. The van der Waals surface area contributed by atoms with E-state index in [9.17, 15) is 13.2 Å². The SMILES string of the molecule is CCS(=O)(=O)c1cccc(-c2cccc(N3CCC(CCNC(=O)OCc4cscn4)CC3)n2)c1. The van der Waals surface area contributed by atoms with E-state index in [1.54, 1.807) is 30.6 Å². The van der Waals surface area contributed by atoms with Crippen LogP contribution >= 0.6 is 11.3 Å². The van der Waals surface area contributed by atoms with Crippen molar-refractivity contribution in [3.8, 4) is 11.3 Å². The van der Waals surface area contributed by atoms with Crippen molar-refractivity contribution in [2.45, 2.75) is 37.7 Å². The molecule has 8 nitrogen and oxygen atoms in total. The number of rotatable bonds is 9. The number of hydrogen-bond acceptors (Lipinski definition) is 8. The zero-order chi connectivity index (χ0) is 24.7. The highest BCUT2D eigenvalue weighted by Crippen LogP contribution is 2.27. The fourth-order valence-electron chi connectivity index (χ4n) is 4.10. The molecule has 0 radical (unpaired) electrons. The average molecular weight is 515 g/mol. The number of carbonyl (C=O) groups excluding carboxylic acids is 1. The lowest BCUT2D eigenvalue weighted by Gasteiger charge is -2.33. The zero-order valence-corrected chi connectivity index (χ0v) is 21.4. The van der Waals surface area contributed by atoms with Crippen molar-refractivity contribution in [3.05, 3.63) is 59.0 Å². The van der Waals surface area contributed by atoms with E-state index in [1.165, 1.54) is 11.3 Å². The van der Waals surface area contributed by atoms with E-state index in [1.807, 2.05) is 29.6 Å². The van der Waals surface area contributed by atoms with Gasteiger partial charge in [-0.3, -0.25) is 0 Å². The predicted molar refractivity (Wildman–Crippen MR) is 137 cm³/mol. The van der Waals surface area contributed by atoms with Gasteiger partial charge < -0.3 is 15.0 Å². The summed E-state index contributed by atoms with van der Waals surface area (Å²) in [6.45, 7) is 4.21. The minimum absolute atomic E-state index is 0.0716. The number of nitrogens with one attached hydrogen (secondary N) is 1. The predicted octanol–water partition coefficient (Wildman–Crippen LogP) is 4.53. The second-order valence-corrected chi connectivity index (χ2v) is 11.5. The number of sulfone groups is 1. The average Bonchev–Trinajstić information content (AvgIpc) is 3.42. The first-order valence-electron chi connectivity index (χ1n) is 11.8. The van der Waals surface area contributed by atoms with E-state index in [0.29, 0.717) is 17.4 Å². The summed E-state index contributed by atoms with van der Waals surface area (Å²) >= 11 is 1.47. The third kappa shape index (κ3) is 6.79. The molecule has 0 unspecified atom stereocenters. The maximum Gasteiger partial charge on any atom is 0.407 e. The van der Waals surface area contributed by atoms with Crippen LogP contribution in [0.25, 0.3) is 11.3 Å². The second-order valence-electron chi connectivity index (χ2n) is 8.51. The van der Waals surface area contributed by atoms with E-state index in [4.69, 9.17) is 9.72 Å². The summed E-state index contributed by atoms with van der Waals surface area (Å²) in [4.78, 5) is 23.4. The monoisotopic (exact) mass is 514 g/mol. The molecule has 0 bridgehead atoms. The smallest absolute Gasteiger partial charge is 0.407 e. The molecule has 3 heterocycles. The van der Waals surface area contributed by atoms with Crippen molar-refractivity contribution in [2.75, 3.05) is 30.3 Å². The van der Waals surface area contributed by atoms with Crippen LogP contribution in [0.5, 0.6) is 0 Å². The molecule has 1 aromatic carbocycles. The lowest BCUT2D eigenvalue weighted by atomic mass is 9.93. The summed E-state index contributed by atoms with van der Waals surface area (Å²) in [5, 5.41) is 4.69. The number of benzene rings is 1. The van der Waals surface area contributed by atoms with Crippen LogP contribution in [0, 0.1) is 5.92 Å². The normalized spacial score (nSPS) is 14.6. The van der Waals surface area contributed by atoms with Gasteiger partial charge in [-0.1, -0.05) is 25.1 Å². The molecule has 0 saturated carbocycles. The van der Waals surface area contributed by atoms with Crippen LogP contribution in [0.1, 0.15) is 31.9 Å². The van der Waals surface area contributed by atoms with Gasteiger partial charge in [0.05, 0.1) is 27.5 Å². The van der Waals surface area contributed by atoms with Crippen molar-refractivity contribution in [3.63, 3.8) is 0 Å². The molecule has 4 rings (SSSR count). The van der Waals surface area contributed by atoms with Gasteiger partial charge in [-0.25, -0.2) is 23.2 Å². The van der Waals surface area contributed by atoms with E-state index < -0.39 is 15.9 Å². The number of alkyl carbamates (subject to hydrolysis) is 1. The van der Waals surface area contributed by atoms with Gasteiger partial charge >= 0.3 is 6.09 Å². The van der Waals surface area contributed by atoms with Crippen molar-refractivity contribution in [2.24, 2.45) is 5.92 Å². The van der Waals surface area contributed by atoms with Gasteiger partial charge in [0.2, 0.25) is 0 Å². The van der Waals surface area contributed by atoms with Gasteiger partial charge in [-0.15, -0.1) is 11.3 Å². The van der Waals surface area contributed by atoms with E-state index in [2.05, 4.69) is 15.2 Å². The highest BCUT2D eigenvalue weighted by atomic mass is 32.2. The third-order valence-corrected chi connectivity index (χ3v) is 8.57. The van der Waals surface area contributed by atoms with Crippen LogP contribution in [0.15, 0.2) is 58.3 Å². The molecule has 3 aromatic rings. The molecular formula is C25H30N4O4S2. The molecule has 186 valence electrons. The third-order valence-electron chi connectivity index (χ3n) is 6.20. The molecule has 1 aliphatic rings. The van der Waals surface area contributed by atoms with Gasteiger partial charge in [0.25, 0.3) is 0 Å². The molecule has 1 saturated heterocycles. The first-order chi connectivity index (χ1) is 16.9. The quantitative estimate of drug-likeness (QED) is 0.448. The summed E-state index contributed by atoms with van der Waals surface area (Å²) in [6, 6.07) is 12.9. The molecule has 1 amide bonds. The van der Waals surface area contributed by atoms with E-state index >= 15 is 0 Å². The molecule has 10 heteroatoms. The molecule has 2 aromatic heterocycles. The fraction of sp³-hybridized carbons (Fsp3) is 0.400. The molecule has 1 fully saturated rings. The van der Waals surface area contributed by atoms with Gasteiger partial charge in [0, 0.05) is 30.6 Å². The van der Waals surface area contributed by atoms with Crippen molar-refractivity contribution in [1.82, 2.24) is 15.3 Å². The highest BCUT2D eigenvalue weighted by molar-refractivity contribution is 7.91. The van der Waals surface area contributed by atoms with Gasteiger partial charge in [0.15, 0.2) is 9.84 Å². The topological polar surface area (TPSA) is 101 Å². The van der Waals surface area contributed by atoms with Crippen LogP contribution in [0.2, 0.25) is 0 Å². The minimum atomic E-state index is -3.27. The summed E-state index contributed by atoms with van der Waals surface area (Å²) in [5.41, 5.74) is 4.03. The Kier molecular flexibility index (Phi) is 8.35. The molecule has 0 spiro atoms. The standard InChI is InChI=1S/C25H30N4O4S2/c1-2-35(31,32)22-6-3-5-20(15-22)23-7-4-8-24(28-23)29-13-10-19(11-14-29)9-12-26-25(30)33-16-21-17-34-18-27-21/h3-8,15,17-19H,2,9-14,16H2,1H3,(H,26,30). The van der Waals surface area contributed by atoms with Crippen LogP contribution in [0.3, 0.4) is 0 Å². The molecule has 1 N–H and O–H groups in total. The number of thiazole rings is 1. The van der Waals surface area contributed by atoms with Gasteiger partial charge in [0.1, 0.15) is 12.4 Å².